The van der Waals surface area contributed by atoms with Crippen molar-refractivity contribution in [2.24, 2.45) is 5.92 Å². The standard InChI is InChI=1S/C10H13N3OS/c11-8-1-2-12-4-9(8)13-5-7(6-15)3-10(13)14/h1-2,4,7,15H,3,5-6H2,(H2,11,12). The van der Waals surface area contributed by atoms with Crippen LogP contribution in [0.4, 0.5) is 11.4 Å². The Morgan fingerprint density at radius 3 is 3.07 bits per heavy atom. The number of carbonyl (C=O) groups excluding carboxylic acids is 1. The van der Waals surface area contributed by atoms with E-state index >= 15 is 0 Å². The lowest BCUT2D eigenvalue weighted by Crippen LogP contribution is -2.25. The van der Waals surface area contributed by atoms with Gasteiger partial charge in [-0.05, 0) is 17.7 Å². The minimum Gasteiger partial charge on any atom is -0.397 e. The van der Waals surface area contributed by atoms with E-state index in [1.165, 1.54) is 0 Å². The Hall–Kier alpha value is -1.23. The van der Waals surface area contributed by atoms with Crippen LogP contribution >= 0.6 is 12.6 Å². The molecule has 80 valence electrons. The highest BCUT2D eigenvalue weighted by molar-refractivity contribution is 7.80. The molecule has 2 rings (SSSR count). The molecule has 0 aromatic carbocycles. The summed E-state index contributed by atoms with van der Waals surface area (Å²) in [6, 6.07) is 1.70. The summed E-state index contributed by atoms with van der Waals surface area (Å²) in [7, 11) is 0. The Labute approximate surface area is 93.9 Å². The molecule has 1 aromatic rings. The average Bonchev–Trinajstić information content (AvgIpc) is 2.60. The molecule has 1 aromatic heterocycles. The summed E-state index contributed by atoms with van der Waals surface area (Å²) in [4.78, 5) is 17.4. The molecule has 1 aliphatic rings. The first-order chi connectivity index (χ1) is 7.22. The fraction of sp³-hybridized carbons (Fsp3) is 0.400. The molecular formula is C10H13N3OS. The number of pyridine rings is 1. The first-order valence-corrected chi connectivity index (χ1v) is 5.46. The molecular weight excluding hydrogens is 210 g/mol. The summed E-state index contributed by atoms with van der Waals surface area (Å²) in [5, 5.41) is 0. The van der Waals surface area contributed by atoms with Gasteiger partial charge in [-0.25, -0.2) is 0 Å². The fourth-order valence-corrected chi connectivity index (χ4v) is 2.00. The number of carbonyl (C=O) groups is 1. The van der Waals surface area contributed by atoms with Gasteiger partial charge in [0.25, 0.3) is 0 Å². The van der Waals surface area contributed by atoms with E-state index in [0.29, 0.717) is 30.3 Å². The molecule has 0 bridgehead atoms. The minimum atomic E-state index is 0.105. The predicted octanol–water partition coefficient (Wildman–Crippen LogP) is 0.946. The number of anilines is 2. The van der Waals surface area contributed by atoms with Crippen LogP contribution in [0.2, 0.25) is 0 Å². The molecule has 0 radical (unpaired) electrons. The van der Waals surface area contributed by atoms with Crippen LogP contribution in [0.15, 0.2) is 18.5 Å². The van der Waals surface area contributed by atoms with Gasteiger partial charge in [0.05, 0.1) is 17.6 Å². The summed E-state index contributed by atoms with van der Waals surface area (Å²) in [6.45, 7) is 0.693. The van der Waals surface area contributed by atoms with Crippen LogP contribution in [0.1, 0.15) is 6.42 Å². The van der Waals surface area contributed by atoms with Crippen molar-refractivity contribution in [3.8, 4) is 0 Å². The number of hydrogen-bond donors (Lipinski definition) is 2. The van der Waals surface area contributed by atoms with Gasteiger partial charge >= 0.3 is 0 Å². The van der Waals surface area contributed by atoms with E-state index in [2.05, 4.69) is 17.6 Å². The lowest BCUT2D eigenvalue weighted by Gasteiger charge is -2.17. The third-order valence-electron chi connectivity index (χ3n) is 2.59. The van der Waals surface area contributed by atoms with Gasteiger partial charge in [0.1, 0.15) is 0 Å². The maximum Gasteiger partial charge on any atom is 0.227 e. The monoisotopic (exact) mass is 223 g/mol. The molecule has 1 fully saturated rings. The Morgan fingerprint density at radius 1 is 1.67 bits per heavy atom. The van der Waals surface area contributed by atoms with Crippen molar-refractivity contribution >= 4 is 29.9 Å². The molecule has 0 aliphatic carbocycles. The highest BCUT2D eigenvalue weighted by Crippen LogP contribution is 2.28. The second-order valence-electron chi connectivity index (χ2n) is 3.69. The number of hydrogen-bond acceptors (Lipinski definition) is 4. The fourth-order valence-electron chi connectivity index (χ4n) is 1.76. The molecule has 2 heterocycles. The zero-order valence-electron chi connectivity index (χ0n) is 8.26. The maximum absolute atomic E-state index is 11.7. The predicted molar refractivity (Wildman–Crippen MR) is 63.0 cm³/mol. The van der Waals surface area contributed by atoms with Gasteiger partial charge in [-0.3, -0.25) is 9.78 Å². The first-order valence-electron chi connectivity index (χ1n) is 4.83. The van der Waals surface area contributed by atoms with Crippen LogP contribution in [0.25, 0.3) is 0 Å². The topological polar surface area (TPSA) is 59.2 Å². The van der Waals surface area contributed by atoms with Crippen LogP contribution < -0.4 is 10.6 Å². The minimum absolute atomic E-state index is 0.105. The average molecular weight is 223 g/mol. The van der Waals surface area contributed by atoms with Gasteiger partial charge in [0, 0.05) is 19.2 Å². The molecule has 2 N–H and O–H groups in total. The van der Waals surface area contributed by atoms with Gasteiger partial charge in [-0.15, -0.1) is 0 Å². The summed E-state index contributed by atoms with van der Waals surface area (Å²) in [5.74, 6) is 1.15. The number of nitrogens with two attached hydrogens (primary N) is 1. The number of nitrogens with zero attached hydrogens (tertiary/aromatic N) is 2. The smallest absolute Gasteiger partial charge is 0.227 e. The zero-order chi connectivity index (χ0) is 10.8. The molecule has 15 heavy (non-hydrogen) atoms. The van der Waals surface area contributed by atoms with Crippen molar-refractivity contribution in [3.63, 3.8) is 0 Å². The lowest BCUT2D eigenvalue weighted by atomic mass is 10.1. The quantitative estimate of drug-likeness (QED) is 0.734. The van der Waals surface area contributed by atoms with E-state index in [4.69, 9.17) is 5.73 Å². The molecule has 0 saturated carbocycles. The second kappa shape index (κ2) is 4.10. The van der Waals surface area contributed by atoms with Crippen molar-refractivity contribution in [3.05, 3.63) is 18.5 Å². The number of amides is 1. The molecule has 1 atom stereocenters. The van der Waals surface area contributed by atoms with E-state index in [1.54, 1.807) is 23.4 Å². The zero-order valence-corrected chi connectivity index (χ0v) is 9.15. The molecule has 1 aliphatic heterocycles. The molecule has 0 spiro atoms. The molecule has 1 saturated heterocycles. The van der Waals surface area contributed by atoms with Gasteiger partial charge in [0.2, 0.25) is 5.91 Å². The number of aromatic nitrogens is 1. The van der Waals surface area contributed by atoms with Crippen LogP contribution in [0.5, 0.6) is 0 Å². The molecule has 4 nitrogen and oxygen atoms in total. The van der Waals surface area contributed by atoms with Crippen LogP contribution in [-0.2, 0) is 4.79 Å². The normalized spacial score (nSPS) is 21.0. The van der Waals surface area contributed by atoms with Crippen molar-refractivity contribution in [1.29, 1.82) is 0 Å². The highest BCUT2D eigenvalue weighted by Gasteiger charge is 2.30. The largest absolute Gasteiger partial charge is 0.397 e. The second-order valence-corrected chi connectivity index (χ2v) is 4.06. The van der Waals surface area contributed by atoms with E-state index in [9.17, 15) is 4.79 Å². The van der Waals surface area contributed by atoms with E-state index in [0.717, 1.165) is 5.75 Å². The van der Waals surface area contributed by atoms with Crippen LogP contribution in [0, 0.1) is 5.92 Å². The summed E-state index contributed by atoms with van der Waals surface area (Å²) < 4.78 is 0. The maximum atomic E-state index is 11.7. The summed E-state index contributed by atoms with van der Waals surface area (Å²) in [5.41, 5.74) is 7.11. The van der Waals surface area contributed by atoms with Gasteiger partial charge in [0.15, 0.2) is 0 Å². The van der Waals surface area contributed by atoms with Crippen molar-refractivity contribution < 1.29 is 4.79 Å². The third kappa shape index (κ3) is 1.92. The van der Waals surface area contributed by atoms with Crippen molar-refractivity contribution in [2.45, 2.75) is 6.42 Å². The molecule has 1 amide bonds. The molecule has 5 heteroatoms. The van der Waals surface area contributed by atoms with Crippen LogP contribution in [0.3, 0.4) is 0 Å². The van der Waals surface area contributed by atoms with E-state index in [-0.39, 0.29) is 5.91 Å². The Balaban J connectivity index is 2.25. The first kappa shape index (κ1) is 10.3. The number of thiol groups is 1. The van der Waals surface area contributed by atoms with Crippen molar-refractivity contribution in [1.82, 2.24) is 4.98 Å². The summed E-state index contributed by atoms with van der Waals surface area (Å²) in [6.07, 6.45) is 3.81. The van der Waals surface area contributed by atoms with E-state index < -0.39 is 0 Å². The van der Waals surface area contributed by atoms with Gasteiger partial charge in [-0.2, -0.15) is 12.6 Å². The SMILES string of the molecule is Nc1ccncc1N1CC(CS)CC1=O. The molecule has 1 unspecified atom stereocenters. The number of nitrogen functional groups attached to an aromatic ring is 1. The van der Waals surface area contributed by atoms with Gasteiger partial charge in [-0.1, -0.05) is 0 Å². The highest BCUT2D eigenvalue weighted by atomic mass is 32.1. The lowest BCUT2D eigenvalue weighted by molar-refractivity contribution is -0.117. The van der Waals surface area contributed by atoms with E-state index in [1.807, 2.05) is 0 Å². The number of rotatable bonds is 2. The van der Waals surface area contributed by atoms with Crippen molar-refractivity contribution in [2.75, 3.05) is 22.9 Å². The Bertz CT molecular complexity index is 383. The van der Waals surface area contributed by atoms with Crippen LogP contribution in [-0.4, -0.2) is 23.2 Å². The Kier molecular flexibility index (Phi) is 2.81. The van der Waals surface area contributed by atoms with Gasteiger partial charge < -0.3 is 10.6 Å². The summed E-state index contributed by atoms with van der Waals surface area (Å²) >= 11 is 4.21. The Morgan fingerprint density at radius 2 is 2.47 bits per heavy atom. The third-order valence-corrected chi connectivity index (χ3v) is 3.10.